The molecule has 140 valence electrons. The highest BCUT2D eigenvalue weighted by Gasteiger charge is 2.51. The second-order valence-electron chi connectivity index (χ2n) is 6.82. The van der Waals surface area contributed by atoms with E-state index >= 15 is 0 Å². The fourth-order valence-corrected chi connectivity index (χ4v) is 4.14. The van der Waals surface area contributed by atoms with Crippen LogP contribution in [0.4, 0.5) is 0 Å². The fraction of sp³-hybridized carbons (Fsp3) is 0.529. The van der Waals surface area contributed by atoms with E-state index in [4.69, 9.17) is 8.37 Å². The second-order valence-corrected chi connectivity index (χ2v) is 10.1. The molecule has 0 aromatic heterocycles. The van der Waals surface area contributed by atoms with Crippen molar-refractivity contribution in [3.8, 4) is 0 Å². The van der Waals surface area contributed by atoms with Gasteiger partial charge in [-0.3, -0.25) is 8.37 Å². The van der Waals surface area contributed by atoms with Gasteiger partial charge in [-0.25, -0.2) is 0 Å². The Morgan fingerprint density at radius 1 is 0.880 bits per heavy atom. The minimum atomic E-state index is -3.65. The van der Waals surface area contributed by atoms with Gasteiger partial charge in [-0.05, 0) is 18.4 Å². The first-order valence-electron chi connectivity index (χ1n) is 7.87. The van der Waals surface area contributed by atoms with E-state index in [9.17, 15) is 16.8 Å². The summed E-state index contributed by atoms with van der Waals surface area (Å²) < 4.78 is 56.5. The van der Waals surface area contributed by atoms with Gasteiger partial charge in [0.1, 0.15) is 0 Å². The summed E-state index contributed by atoms with van der Waals surface area (Å²) in [7, 11) is -7.27. The lowest BCUT2D eigenvalue weighted by Gasteiger charge is -2.49. The quantitative estimate of drug-likeness (QED) is 0.526. The number of allylic oxidation sites excluding steroid dienone is 2. The van der Waals surface area contributed by atoms with E-state index in [0.29, 0.717) is 12.8 Å². The van der Waals surface area contributed by atoms with Crippen LogP contribution in [0.25, 0.3) is 0 Å². The summed E-state index contributed by atoms with van der Waals surface area (Å²) in [6, 6.07) is 9.42. The molecule has 0 N–H and O–H groups in total. The lowest BCUT2D eigenvalue weighted by molar-refractivity contribution is 0.0302. The van der Waals surface area contributed by atoms with Crippen LogP contribution in [0.3, 0.4) is 0 Å². The van der Waals surface area contributed by atoms with Gasteiger partial charge in [0.05, 0.1) is 25.7 Å². The summed E-state index contributed by atoms with van der Waals surface area (Å²) in [5, 5.41) is 0. The second kappa shape index (κ2) is 7.19. The number of hydrogen-bond donors (Lipinski definition) is 0. The third-order valence-corrected chi connectivity index (χ3v) is 5.89. The standard InChI is InChI=1S/C17H24O6S2/c1-16(13-22-24(2,18)19)11-7-8-12-17(16,14-23-25(3,20)21)15-9-5-4-6-10-15/h4-10H,11-14H2,1-3H3/t16-,17+/m0/s1. The van der Waals surface area contributed by atoms with Gasteiger partial charge < -0.3 is 0 Å². The molecule has 0 saturated carbocycles. The Morgan fingerprint density at radius 3 is 1.96 bits per heavy atom. The molecule has 25 heavy (non-hydrogen) atoms. The van der Waals surface area contributed by atoms with E-state index in [2.05, 4.69) is 0 Å². The van der Waals surface area contributed by atoms with Gasteiger partial charge in [0.2, 0.25) is 0 Å². The van der Waals surface area contributed by atoms with Crippen molar-refractivity contribution in [2.75, 3.05) is 25.7 Å². The van der Waals surface area contributed by atoms with Gasteiger partial charge in [-0.2, -0.15) is 16.8 Å². The summed E-state index contributed by atoms with van der Waals surface area (Å²) in [6.07, 6.45) is 7.02. The van der Waals surface area contributed by atoms with Crippen LogP contribution in [0.15, 0.2) is 42.5 Å². The van der Waals surface area contributed by atoms with Crippen molar-refractivity contribution in [3.05, 3.63) is 48.0 Å². The summed E-state index contributed by atoms with van der Waals surface area (Å²) in [4.78, 5) is 0. The maximum absolute atomic E-state index is 11.6. The molecular formula is C17H24O6S2. The fourth-order valence-electron chi connectivity index (χ4n) is 3.25. The number of benzene rings is 1. The van der Waals surface area contributed by atoms with Crippen LogP contribution in [0, 0.1) is 5.41 Å². The van der Waals surface area contributed by atoms with Gasteiger partial charge >= 0.3 is 0 Å². The van der Waals surface area contributed by atoms with Gasteiger partial charge in [0, 0.05) is 10.8 Å². The average Bonchev–Trinajstić information content (AvgIpc) is 2.52. The zero-order chi connectivity index (χ0) is 18.8. The van der Waals surface area contributed by atoms with E-state index < -0.39 is 31.1 Å². The normalized spacial score (nSPS) is 27.3. The van der Waals surface area contributed by atoms with Gasteiger partial charge in [0.25, 0.3) is 20.2 Å². The molecule has 0 heterocycles. The number of hydrogen-bond acceptors (Lipinski definition) is 6. The van der Waals surface area contributed by atoms with Crippen LogP contribution in [0.5, 0.6) is 0 Å². The first-order chi connectivity index (χ1) is 11.5. The molecule has 8 heteroatoms. The predicted molar refractivity (Wildman–Crippen MR) is 96.2 cm³/mol. The molecule has 0 spiro atoms. The van der Waals surface area contributed by atoms with E-state index in [1.165, 1.54) is 0 Å². The minimum Gasteiger partial charge on any atom is -0.270 e. The molecule has 0 unspecified atom stereocenters. The third kappa shape index (κ3) is 4.91. The first kappa shape index (κ1) is 20.1. The molecule has 6 nitrogen and oxygen atoms in total. The van der Waals surface area contributed by atoms with Crippen LogP contribution in [0.2, 0.25) is 0 Å². The SMILES string of the molecule is C[C@@]1(COS(C)(=O)=O)CC=CC[C@@]1(COS(C)(=O)=O)c1ccccc1. The van der Waals surface area contributed by atoms with E-state index in [1.54, 1.807) is 0 Å². The third-order valence-electron chi connectivity index (χ3n) is 4.79. The zero-order valence-electron chi connectivity index (χ0n) is 14.6. The van der Waals surface area contributed by atoms with Gasteiger partial charge in [0.15, 0.2) is 0 Å². The van der Waals surface area contributed by atoms with Crippen molar-refractivity contribution < 1.29 is 25.2 Å². The van der Waals surface area contributed by atoms with Crippen molar-refractivity contribution in [3.63, 3.8) is 0 Å². The van der Waals surface area contributed by atoms with Crippen molar-refractivity contribution >= 4 is 20.2 Å². The molecule has 0 saturated heterocycles. The molecule has 1 aliphatic carbocycles. The average molecular weight is 389 g/mol. The van der Waals surface area contributed by atoms with E-state index in [0.717, 1.165) is 18.1 Å². The molecule has 2 rings (SSSR count). The van der Waals surface area contributed by atoms with Gasteiger partial charge in [-0.15, -0.1) is 0 Å². The molecule has 0 fully saturated rings. The molecule has 2 atom stereocenters. The molecule has 1 aliphatic rings. The molecule has 0 radical (unpaired) electrons. The summed E-state index contributed by atoms with van der Waals surface area (Å²) in [5.74, 6) is 0. The zero-order valence-corrected chi connectivity index (χ0v) is 16.3. The lowest BCUT2D eigenvalue weighted by Crippen LogP contribution is -2.51. The summed E-state index contributed by atoms with van der Waals surface area (Å²) in [6.45, 7) is 1.77. The van der Waals surface area contributed by atoms with Crippen molar-refractivity contribution in [1.82, 2.24) is 0 Å². The van der Waals surface area contributed by atoms with Crippen molar-refractivity contribution in [1.29, 1.82) is 0 Å². The number of rotatable bonds is 7. The monoisotopic (exact) mass is 388 g/mol. The van der Waals surface area contributed by atoms with Crippen LogP contribution in [-0.2, 0) is 34.0 Å². The van der Waals surface area contributed by atoms with Gasteiger partial charge in [-0.1, -0.05) is 49.4 Å². The molecule has 1 aromatic carbocycles. The lowest BCUT2D eigenvalue weighted by atomic mass is 9.56. The Balaban J connectivity index is 2.51. The van der Waals surface area contributed by atoms with Crippen LogP contribution >= 0.6 is 0 Å². The Bertz CT molecular complexity index is 829. The molecule has 0 bridgehead atoms. The maximum Gasteiger partial charge on any atom is 0.264 e. The Labute approximate surface area is 150 Å². The van der Waals surface area contributed by atoms with Crippen LogP contribution in [0.1, 0.15) is 25.3 Å². The molecule has 1 aromatic rings. The molecular weight excluding hydrogens is 364 g/mol. The Kier molecular flexibility index (Phi) is 5.78. The summed E-state index contributed by atoms with van der Waals surface area (Å²) >= 11 is 0. The minimum absolute atomic E-state index is 0.0574. The van der Waals surface area contributed by atoms with E-state index in [1.807, 2.05) is 49.4 Å². The first-order valence-corrected chi connectivity index (χ1v) is 11.5. The smallest absolute Gasteiger partial charge is 0.264 e. The largest absolute Gasteiger partial charge is 0.270 e. The highest BCUT2D eigenvalue weighted by Crippen LogP contribution is 2.50. The van der Waals surface area contributed by atoms with E-state index in [-0.39, 0.29) is 13.2 Å². The van der Waals surface area contributed by atoms with Crippen LogP contribution in [-0.4, -0.2) is 42.6 Å². The topological polar surface area (TPSA) is 86.7 Å². The van der Waals surface area contributed by atoms with Crippen LogP contribution < -0.4 is 0 Å². The Morgan fingerprint density at radius 2 is 1.40 bits per heavy atom. The predicted octanol–water partition coefficient (Wildman–Crippen LogP) is 2.23. The highest BCUT2D eigenvalue weighted by molar-refractivity contribution is 7.86. The van der Waals surface area contributed by atoms with Crippen molar-refractivity contribution in [2.24, 2.45) is 5.41 Å². The maximum atomic E-state index is 11.6. The molecule has 0 amide bonds. The molecule has 0 aliphatic heterocycles. The summed E-state index contributed by atoms with van der Waals surface area (Å²) in [5.41, 5.74) is -0.490. The highest BCUT2D eigenvalue weighted by atomic mass is 32.2. The van der Waals surface area contributed by atoms with Crippen molar-refractivity contribution in [2.45, 2.75) is 25.2 Å². The Hall–Kier alpha value is -1.22.